The third-order valence-electron chi connectivity index (χ3n) is 3.90. The minimum absolute atomic E-state index is 0.691. The fourth-order valence-corrected chi connectivity index (χ4v) is 2.68. The van der Waals surface area contributed by atoms with E-state index in [9.17, 15) is 0 Å². The highest BCUT2D eigenvalue weighted by Crippen LogP contribution is 2.26. The van der Waals surface area contributed by atoms with Gasteiger partial charge in [0.1, 0.15) is 0 Å². The van der Waals surface area contributed by atoms with Crippen LogP contribution in [0.1, 0.15) is 30.7 Å². The van der Waals surface area contributed by atoms with Gasteiger partial charge in [-0.1, -0.05) is 26.0 Å². The fourth-order valence-electron chi connectivity index (χ4n) is 2.68. The Hall–Kier alpha value is -1.54. The third-order valence-corrected chi connectivity index (χ3v) is 3.90. The molecule has 1 heterocycles. The van der Waals surface area contributed by atoms with Crippen molar-refractivity contribution in [3.05, 3.63) is 47.7 Å². The third kappa shape index (κ3) is 2.96. The maximum atomic E-state index is 3.86. The van der Waals surface area contributed by atoms with Crippen LogP contribution in [0.25, 0.3) is 10.9 Å². The highest BCUT2D eigenvalue weighted by molar-refractivity contribution is 5.86. The number of hydrogen-bond acceptors (Lipinski definition) is 1. The van der Waals surface area contributed by atoms with Crippen LogP contribution in [0, 0.1) is 19.8 Å². The Morgan fingerprint density at radius 3 is 2.70 bits per heavy atom. The first kappa shape index (κ1) is 14.9. The monoisotopic (exact) mass is 270 g/mol. The molecule has 0 amide bonds. The second kappa shape index (κ2) is 6.27. The summed E-state index contributed by atoms with van der Waals surface area (Å²) >= 11 is 0. The summed E-state index contributed by atoms with van der Waals surface area (Å²) in [5.41, 5.74) is 5.39. The molecule has 0 radical (unpaired) electrons. The van der Waals surface area contributed by atoms with E-state index in [4.69, 9.17) is 0 Å². The zero-order valence-electron chi connectivity index (χ0n) is 13.2. The minimum atomic E-state index is 0.691. The highest BCUT2D eigenvalue weighted by Gasteiger charge is 2.10. The molecular formula is C18H26N2. The van der Waals surface area contributed by atoms with Gasteiger partial charge in [0, 0.05) is 29.7 Å². The van der Waals surface area contributed by atoms with Crippen molar-refractivity contribution in [2.75, 3.05) is 6.54 Å². The van der Waals surface area contributed by atoms with Crippen molar-refractivity contribution in [3.63, 3.8) is 0 Å². The Kier molecular flexibility index (Phi) is 4.66. The molecule has 0 unspecified atom stereocenters. The SMILES string of the molecule is C=CCn1c(C)c(C)c2cc(CNCC(C)C)ccc21. The van der Waals surface area contributed by atoms with Crippen molar-refractivity contribution >= 4 is 10.9 Å². The number of benzene rings is 1. The largest absolute Gasteiger partial charge is 0.341 e. The number of nitrogens with one attached hydrogen (secondary N) is 1. The Morgan fingerprint density at radius 2 is 2.05 bits per heavy atom. The van der Waals surface area contributed by atoms with Crippen LogP contribution in [-0.2, 0) is 13.1 Å². The summed E-state index contributed by atoms with van der Waals surface area (Å²) in [5, 5.41) is 4.88. The molecule has 2 heteroatoms. The van der Waals surface area contributed by atoms with E-state index in [-0.39, 0.29) is 0 Å². The van der Waals surface area contributed by atoms with Crippen LogP contribution in [0.2, 0.25) is 0 Å². The predicted octanol–water partition coefficient (Wildman–Crippen LogP) is 4.19. The molecule has 1 aromatic carbocycles. The number of hydrogen-bond donors (Lipinski definition) is 1. The maximum Gasteiger partial charge on any atom is 0.0488 e. The summed E-state index contributed by atoms with van der Waals surface area (Å²) in [6.45, 7) is 15.6. The molecule has 2 aromatic rings. The second-order valence-electron chi connectivity index (χ2n) is 5.99. The van der Waals surface area contributed by atoms with Gasteiger partial charge in [0.2, 0.25) is 0 Å². The Morgan fingerprint density at radius 1 is 1.30 bits per heavy atom. The number of rotatable bonds is 6. The maximum absolute atomic E-state index is 3.86. The lowest BCUT2D eigenvalue weighted by Gasteiger charge is -2.08. The van der Waals surface area contributed by atoms with Crippen LogP contribution >= 0.6 is 0 Å². The standard InChI is InChI=1S/C18H26N2/c1-6-9-20-15(5)14(4)17-10-16(7-8-18(17)20)12-19-11-13(2)3/h6-8,10,13,19H,1,9,11-12H2,2-5H3. The van der Waals surface area contributed by atoms with Gasteiger partial charge in [0.15, 0.2) is 0 Å². The van der Waals surface area contributed by atoms with Crippen molar-refractivity contribution in [3.8, 4) is 0 Å². The molecule has 0 bridgehead atoms. The van der Waals surface area contributed by atoms with Gasteiger partial charge >= 0.3 is 0 Å². The molecule has 0 spiro atoms. The van der Waals surface area contributed by atoms with Gasteiger partial charge in [-0.25, -0.2) is 0 Å². The van der Waals surface area contributed by atoms with Gasteiger partial charge in [-0.05, 0) is 49.6 Å². The summed E-state index contributed by atoms with van der Waals surface area (Å²) in [5.74, 6) is 0.691. The topological polar surface area (TPSA) is 17.0 Å². The second-order valence-corrected chi connectivity index (χ2v) is 5.99. The van der Waals surface area contributed by atoms with E-state index in [1.54, 1.807) is 0 Å². The summed E-state index contributed by atoms with van der Waals surface area (Å²) in [6, 6.07) is 6.80. The van der Waals surface area contributed by atoms with Crippen molar-refractivity contribution in [1.82, 2.24) is 9.88 Å². The average Bonchev–Trinajstić information content (AvgIpc) is 2.64. The van der Waals surface area contributed by atoms with Gasteiger partial charge in [-0.2, -0.15) is 0 Å². The summed E-state index contributed by atoms with van der Waals surface area (Å²) < 4.78 is 2.34. The molecule has 0 fully saturated rings. The van der Waals surface area contributed by atoms with Crippen molar-refractivity contribution in [2.45, 2.75) is 40.8 Å². The fraction of sp³-hybridized carbons (Fsp3) is 0.444. The number of nitrogens with zero attached hydrogens (tertiary/aromatic N) is 1. The first-order chi connectivity index (χ1) is 9.54. The van der Waals surface area contributed by atoms with Crippen LogP contribution < -0.4 is 5.32 Å². The van der Waals surface area contributed by atoms with Crippen LogP contribution in [0.4, 0.5) is 0 Å². The Balaban J connectivity index is 2.30. The molecule has 1 N–H and O–H groups in total. The van der Waals surface area contributed by atoms with E-state index in [1.807, 2.05) is 6.08 Å². The number of aryl methyl sites for hydroxylation is 1. The lowest BCUT2D eigenvalue weighted by molar-refractivity contribution is 0.552. The molecule has 20 heavy (non-hydrogen) atoms. The molecule has 0 atom stereocenters. The van der Waals surface area contributed by atoms with E-state index in [2.05, 4.69) is 62.4 Å². The molecule has 108 valence electrons. The number of fused-ring (bicyclic) bond motifs is 1. The minimum Gasteiger partial charge on any atom is -0.341 e. The average molecular weight is 270 g/mol. The van der Waals surface area contributed by atoms with Gasteiger partial charge in [-0.3, -0.25) is 0 Å². The van der Waals surface area contributed by atoms with E-state index in [0.717, 1.165) is 19.6 Å². The highest BCUT2D eigenvalue weighted by atomic mass is 15.0. The summed E-state index contributed by atoms with van der Waals surface area (Å²) in [7, 11) is 0. The quantitative estimate of drug-likeness (QED) is 0.779. The van der Waals surface area contributed by atoms with Gasteiger partial charge in [0.05, 0.1) is 0 Å². The molecule has 0 aliphatic carbocycles. The lowest BCUT2D eigenvalue weighted by Crippen LogP contribution is -2.18. The zero-order valence-corrected chi connectivity index (χ0v) is 13.2. The van der Waals surface area contributed by atoms with Gasteiger partial charge < -0.3 is 9.88 Å². The van der Waals surface area contributed by atoms with Crippen LogP contribution in [0.5, 0.6) is 0 Å². The summed E-state index contributed by atoms with van der Waals surface area (Å²) in [4.78, 5) is 0. The van der Waals surface area contributed by atoms with Crippen LogP contribution in [-0.4, -0.2) is 11.1 Å². The van der Waals surface area contributed by atoms with Crippen molar-refractivity contribution in [2.24, 2.45) is 5.92 Å². The van der Waals surface area contributed by atoms with E-state index in [1.165, 1.54) is 27.7 Å². The molecule has 1 aromatic heterocycles. The van der Waals surface area contributed by atoms with Crippen molar-refractivity contribution in [1.29, 1.82) is 0 Å². The molecule has 0 saturated carbocycles. The molecule has 0 saturated heterocycles. The Labute approximate surface area is 122 Å². The first-order valence-corrected chi connectivity index (χ1v) is 7.44. The molecular weight excluding hydrogens is 244 g/mol. The molecule has 0 aliphatic rings. The van der Waals surface area contributed by atoms with E-state index in [0.29, 0.717) is 5.92 Å². The van der Waals surface area contributed by atoms with Crippen molar-refractivity contribution < 1.29 is 0 Å². The normalized spacial score (nSPS) is 11.4. The van der Waals surface area contributed by atoms with E-state index < -0.39 is 0 Å². The van der Waals surface area contributed by atoms with E-state index >= 15 is 0 Å². The lowest BCUT2D eigenvalue weighted by atomic mass is 10.1. The summed E-state index contributed by atoms with van der Waals surface area (Å²) in [6.07, 6.45) is 1.96. The van der Waals surface area contributed by atoms with Gasteiger partial charge in [0.25, 0.3) is 0 Å². The first-order valence-electron chi connectivity index (χ1n) is 7.44. The Bertz CT molecular complexity index is 605. The molecule has 2 rings (SSSR count). The molecule has 2 nitrogen and oxygen atoms in total. The van der Waals surface area contributed by atoms with Gasteiger partial charge in [-0.15, -0.1) is 6.58 Å². The van der Waals surface area contributed by atoms with Crippen LogP contribution in [0.15, 0.2) is 30.9 Å². The predicted molar refractivity (Wildman–Crippen MR) is 88.2 cm³/mol. The molecule has 0 aliphatic heterocycles. The van der Waals surface area contributed by atoms with Crippen LogP contribution in [0.3, 0.4) is 0 Å². The smallest absolute Gasteiger partial charge is 0.0488 e. The number of aromatic nitrogens is 1. The zero-order chi connectivity index (χ0) is 14.7. The number of allylic oxidation sites excluding steroid dienone is 1.